The molecule has 0 saturated heterocycles. The van der Waals surface area contributed by atoms with Crippen LogP contribution in [0, 0.1) is 5.41 Å². The summed E-state index contributed by atoms with van der Waals surface area (Å²) < 4.78 is 7.52. The van der Waals surface area contributed by atoms with Crippen molar-refractivity contribution < 1.29 is 4.74 Å². The number of halogens is 1. The second-order valence-electron chi connectivity index (χ2n) is 6.56. The lowest BCUT2D eigenvalue weighted by molar-refractivity contribution is 0.278. The molecule has 1 unspecified atom stereocenters. The molecule has 21 heavy (non-hydrogen) atoms. The number of hydrogen-bond acceptors (Lipinski definition) is 2. The van der Waals surface area contributed by atoms with Gasteiger partial charge in [0.2, 0.25) is 0 Å². The third-order valence-corrected chi connectivity index (χ3v) is 4.57. The molecule has 0 amide bonds. The van der Waals surface area contributed by atoms with Crippen molar-refractivity contribution in [1.82, 2.24) is 4.57 Å². The normalized spacial score (nSPS) is 20.1. The number of rotatable bonds is 2. The Morgan fingerprint density at radius 2 is 2.10 bits per heavy atom. The summed E-state index contributed by atoms with van der Waals surface area (Å²) in [5.41, 5.74) is 10.2. The minimum absolute atomic E-state index is 0.110. The lowest BCUT2D eigenvalue weighted by Crippen LogP contribution is -2.30. The Morgan fingerprint density at radius 3 is 2.81 bits per heavy atom. The summed E-state index contributed by atoms with van der Waals surface area (Å²) in [4.78, 5) is 0. The number of methoxy groups -OCH3 is 1. The first-order chi connectivity index (χ1) is 9.91. The predicted molar refractivity (Wildman–Crippen MR) is 86.4 cm³/mol. The van der Waals surface area contributed by atoms with Gasteiger partial charge in [-0.15, -0.1) is 0 Å². The van der Waals surface area contributed by atoms with Gasteiger partial charge in [0.15, 0.2) is 0 Å². The van der Waals surface area contributed by atoms with Gasteiger partial charge >= 0.3 is 0 Å². The zero-order valence-electron chi connectivity index (χ0n) is 12.7. The molecule has 0 radical (unpaired) electrons. The fourth-order valence-electron chi connectivity index (χ4n) is 3.28. The first-order valence-corrected chi connectivity index (χ1v) is 7.59. The molecule has 0 aliphatic heterocycles. The van der Waals surface area contributed by atoms with Gasteiger partial charge in [0, 0.05) is 29.7 Å². The lowest BCUT2D eigenvalue weighted by Gasteiger charge is -2.34. The molecule has 0 fully saturated rings. The van der Waals surface area contributed by atoms with Gasteiger partial charge in [-0.2, -0.15) is 0 Å². The molecule has 1 aliphatic carbocycles. The zero-order chi connectivity index (χ0) is 15.2. The quantitative estimate of drug-likeness (QED) is 0.907. The number of nitrogens with two attached hydrogens (primary N) is 1. The van der Waals surface area contributed by atoms with E-state index in [0.717, 1.165) is 18.5 Å². The van der Waals surface area contributed by atoms with Crippen molar-refractivity contribution in [3.63, 3.8) is 0 Å². The average Bonchev–Trinajstić information content (AvgIpc) is 2.82. The Kier molecular flexibility index (Phi) is 3.50. The minimum atomic E-state index is 0.110. The summed E-state index contributed by atoms with van der Waals surface area (Å²) in [5.74, 6) is 0.691. The Labute approximate surface area is 130 Å². The second kappa shape index (κ2) is 5.08. The average molecular weight is 305 g/mol. The first-order valence-electron chi connectivity index (χ1n) is 7.21. The summed E-state index contributed by atoms with van der Waals surface area (Å²) in [7, 11) is 1.63. The van der Waals surface area contributed by atoms with Crippen LogP contribution in [0.15, 0.2) is 30.5 Å². The van der Waals surface area contributed by atoms with E-state index >= 15 is 0 Å². The smallest absolute Gasteiger partial charge is 0.139 e. The van der Waals surface area contributed by atoms with Crippen molar-refractivity contribution in [3.8, 4) is 11.4 Å². The summed E-state index contributed by atoms with van der Waals surface area (Å²) in [6, 6.07) is 8.10. The van der Waals surface area contributed by atoms with Gasteiger partial charge in [-0.05, 0) is 42.0 Å². The van der Waals surface area contributed by atoms with Crippen molar-refractivity contribution >= 4 is 11.6 Å². The Morgan fingerprint density at radius 1 is 1.33 bits per heavy atom. The van der Waals surface area contributed by atoms with Gasteiger partial charge in [0.1, 0.15) is 5.75 Å². The number of nitrogens with zero attached hydrogens (tertiary/aromatic N) is 1. The van der Waals surface area contributed by atoms with E-state index in [2.05, 4.69) is 30.7 Å². The van der Waals surface area contributed by atoms with Crippen molar-refractivity contribution in [2.75, 3.05) is 7.11 Å². The molecule has 112 valence electrons. The molecule has 0 bridgehead atoms. The fourth-order valence-corrected chi connectivity index (χ4v) is 3.47. The maximum atomic E-state index is 6.33. The molecule has 4 heteroatoms. The number of fused-ring (bicyclic) bond motifs is 1. The molecule has 2 N–H and O–H groups in total. The molecule has 3 rings (SSSR count). The van der Waals surface area contributed by atoms with Crippen molar-refractivity contribution in [2.45, 2.75) is 32.7 Å². The van der Waals surface area contributed by atoms with Gasteiger partial charge in [-0.1, -0.05) is 25.4 Å². The van der Waals surface area contributed by atoms with E-state index < -0.39 is 0 Å². The summed E-state index contributed by atoms with van der Waals surface area (Å²) in [6.07, 6.45) is 4.14. The number of aromatic nitrogens is 1. The van der Waals surface area contributed by atoms with Crippen molar-refractivity contribution in [1.29, 1.82) is 0 Å². The number of benzene rings is 1. The molecular weight excluding hydrogens is 284 g/mol. The van der Waals surface area contributed by atoms with Crippen LogP contribution in [0.1, 0.15) is 37.6 Å². The SMILES string of the molecule is COc1cc(-n2ccc3c2CC(C)(C)CC3N)ccc1Cl. The fraction of sp³-hybridized carbons (Fsp3) is 0.412. The Bertz CT molecular complexity index is 675. The molecule has 1 heterocycles. The molecular formula is C17H21ClN2O. The molecule has 1 aliphatic rings. The van der Waals surface area contributed by atoms with Crippen LogP contribution in [0.2, 0.25) is 5.02 Å². The van der Waals surface area contributed by atoms with E-state index in [9.17, 15) is 0 Å². The number of hydrogen-bond donors (Lipinski definition) is 1. The van der Waals surface area contributed by atoms with E-state index in [0.29, 0.717) is 10.8 Å². The summed E-state index contributed by atoms with van der Waals surface area (Å²) >= 11 is 6.12. The molecule has 0 spiro atoms. The molecule has 3 nitrogen and oxygen atoms in total. The maximum Gasteiger partial charge on any atom is 0.139 e. The van der Waals surface area contributed by atoms with Gasteiger partial charge in [-0.3, -0.25) is 0 Å². The molecule has 1 atom stereocenters. The highest BCUT2D eigenvalue weighted by Crippen LogP contribution is 2.41. The minimum Gasteiger partial charge on any atom is -0.495 e. The Balaban J connectivity index is 2.09. The monoisotopic (exact) mass is 304 g/mol. The Hall–Kier alpha value is -1.45. The lowest BCUT2D eigenvalue weighted by atomic mass is 9.74. The predicted octanol–water partition coefficient (Wildman–Crippen LogP) is 4.11. The zero-order valence-corrected chi connectivity index (χ0v) is 13.4. The van der Waals surface area contributed by atoms with Gasteiger partial charge in [0.05, 0.1) is 12.1 Å². The van der Waals surface area contributed by atoms with E-state index in [4.69, 9.17) is 22.1 Å². The highest BCUT2D eigenvalue weighted by Gasteiger charge is 2.32. The van der Waals surface area contributed by atoms with Crippen LogP contribution in [0.25, 0.3) is 5.69 Å². The van der Waals surface area contributed by atoms with Crippen LogP contribution in [0.3, 0.4) is 0 Å². The van der Waals surface area contributed by atoms with Crippen LogP contribution < -0.4 is 10.5 Å². The number of ether oxygens (including phenoxy) is 1. The third kappa shape index (κ3) is 2.56. The highest BCUT2D eigenvalue weighted by molar-refractivity contribution is 6.32. The highest BCUT2D eigenvalue weighted by atomic mass is 35.5. The van der Waals surface area contributed by atoms with E-state index in [1.54, 1.807) is 7.11 Å². The van der Waals surface area contributed by atoms with Crippen LogP contribution in [0.4, 0.5) is 0 Å². The maximum absolute atomic E-state index is 6.33. The molecule has 1 aromatic carbocycles. The summed E-state index contributed by atoms with van der Waals surface area (Å²) in [6.45, 7) is 4.55. The second-order valence-corrected chi connectivity index (χ2v) is 6.97. The van der Waals surface area contributed by atoms with Crippen LogP contribution in [-0.2, 0) is 6.42 Å². The standard InChI is InChI=1S/C17H21ClN2O/c1-17(2)9-14(19)12-6-7-20(15(12)10-17)11-4-5-13(18)16(8-11)21-3/h4-8,14H,9-10,19H2,1-3H3. The first kappa shape index (κ1) is 14.5. The van der Waals surface area contributed by atoms with Crippen molar-refractivity contribution in [3.05, 3.63) is 46.7 Å². The van der Waals surface area contributed by atoms with Crippen molar-refractivity contribution in [2.24, 2.45) is 11.1 Å². The topological polar surface area (TPSA) is 40.2 Å². The molecule has 2 aromatic rings. The van der Waals surface area contributed by atoms with Gasteiger partial charge in [0.25, 0.3) is 0 Å². The van der Waals surface area contributed by atoms with Crippen LogP contribution in [-0.4, -0.2) is 11.7 Å². The summed E-state index contributed by atoms with van der Waals surface area (Å²) in [5, 5.41) is 0.624. The van der Waals surface area contributed by atoms with Crippen LogP contribution >= 0.6 is 11.6 Å². The van der Waals surface area contributed by atoms with Gasteiger partial charge < -0.3 is 15.0 Å². The van der Waals surface area contributed by atoms with Crippen LogP contribution in [0.5, 0.6) is 5.75 Å². The molecule has 1 aromatic heterocycles. The van der Waals surface area contributed by atoms with Gasteiger partial charge in [-0.25, -0.2) is 0 Å². The largest absolute Gasteiger partial charge is 0.495 e. The van der Waals surface area contributed by atoms with E-state index in [-0.39, 0.29) is 11.5 Å². The third-order valence-electron chi connectivity index (χ3n) is 4.26. The van der Waals surface area contributed by atoms with E-state index in [1.165, 1.54) is 11.3 Å². The molecule has 0 saturated carbocycles. The van der Waals surface area contributed by atoms with E-state index in [1.807, 2.05) is 18.2 Å².